The predicted molar refractivity (Wildman–Crippen MR) is 54.5 cm³/mol. The van der Waals surface area contributed by atoms with Crippen molar-refractivity contribution in [1.29, 1.82) is 0 Å². The van der Waals surface area contributed by atoms with E-state index < -0.39 is 0 Å². The first-order chi connectivity index (χ1) is 6.16. The Balaban J connectivity index is 2.36. The Kier molecular flexibility index (Phi) is 1.98. The lowest BCUT2D eigenvalue weighted by molar-refractivity contribution is 0.522. The van der Waals surface area contributed by atoms with E-state index in [1.807, 2.05) is 4.68 Å². The maximum atomic E-state index is 4.57. The van der Waals surface area contributed by atoms with E-state index in [2.05, 4.69) is 44.2 Å². The molecule has 1 heterocycles. The number of hydrogen-bond donors (Lipinski definition) is 0. The summed E-state index contributed by atoms with van der Waals surface area (Å²) in [6.45, 7) is 6.55. The maximum absolute atomic E-state index is 4.57. The fourth-order valence-electron chi connectivity index (χ4n) is 1.65. The molecule has 0 fully saturated rings. The van der Waals surface area contributed by atoms with Crippen LogP contribution < -0.4 is 0 Å². The van der Waals surface area contributed by atoms with Crippen LogP contribution in [0.4, 0.5) is 0 Å². The second kappa shape index (κ2) is 3.02. The normalized spacial score (nSPS) is 20.8. The summed E-state index contributed by atoms with van der Waals surface area (Å²) in [6.07, 6.45) is 7.68. The molecule has 0 aromatic carbocycles. The van der Waals surface area contributed by atoms with Crippen LogP contribution in [0, 0.1) is 5.92 Å². The first-order valence-corrected chi connectivity index (χ1v) is 4.93. The molecule has 0 bridgehead atoms. The van der Waals surface area contributed by atoms with Crippen LogP contribution in [-0.4, -0.2) is 9.78 Å². The molecule has 0 saturated carbocycles. The van der Waals surface area contributed by atoms with Gasteiger partial charge in [0.1, 0.15) is 0 Å². The summed E-state index contributed by atoms with van der Waals surface area (Å²) in [4.78, 5) is 0. The van der Waals surface area contributed by atoms with Gasteiger partial charge >= 0.3 is 0 Å². The maximum Gasteiger partial charge on any atom is 0.0702 e. The molecule has 0 radical (unpaired) electrons. The molecule has 1 aliphatic carbocycles. The van der Waals surface area contributed by atoms with Crippen LogP contribution in [0.1, 0.15) is 38.1 Å². The van der Waals surface area contributed by atoms with Crippen molar-refractivity contribution in [3.8, 4) is 0 Å². The number of aromatic nitrogens is 2. The van der Waals surface area contributed by atoms with Gasteiger partial charge in [0.2, 0.25) is 0 Å². The van der Waals surface area contributed by atoms with Crippen LogP contribution in [0.15, 0.2) is 12.3 Å². The van der Waals surface area contributed by atoms with Crippen LogP contribution in [-0.2, 0) is 6.42 Å². The quantitative estimate of drug-likeness (QED) is 0.643. The first-order valence-electron chi connectivity index (χ1n) is 4.93. The molecule has 1 aliphatic rings. The third-order valence-corrected chi connectivity index (χ3v) is 2.49. The molecule has 0 saturated heterocycles. The monoisotopic (exact) mass is 176 g/mol. The number of rotatable bonds is 1. The molecular formula is C11H16N2. The molecule has 0 spiro atoms. The van der Waals surface area contributed by atoms with Crippen LogP contribution in [0.2, 0.25) is 0 Å². The Morgan fingerprint density at radius 2 is 2.31 bits per heavy atom. The largest absolute Gasteiger partial charge is 0.269 e. The van der Waals surface area contributed by atoms with Gasteiger partial charge in [0.05, 0.1) is 5.69 Å². The lowest BCUT2D eigenvalue weighted by Crippen LogP contribution is -2.04. The molecule has 1 unspecified atom stereocenters. The summed E-state index contributed by atoms with van der Waals surface area (Å²) in [5, 5.41) is 4.57. The van der Waals surface area contributed by atoms with Crippen molar-refractivity contribution in [3.63, 3.8) is 0 Å². The number of nitrogens with zero attached hydrogens (tertiary/aromatic N) is 2. The molecule has 2 nitrogen and oxygen atoms in total. The third kappa shape index (κ3) is 1.53. The topological polar surface area (TPSA) is 17.8 Å². The third-order valence-electron chi connectivity index (χ3n) is 2.49. The van der Waals surface area contributed by atoms with Gasteiger partial charge in [-0.25, -0.2) is 0 Å². The molecule has 0 N–H and O–H groups in total. The van der Waals surface area contributed by atoms with Gasteiger partial charge in [-0.1, -0.05) is 19.1 Å². The highest BCUT2D eigenvalue weighted by atomic mass is 15.3. The van der Waals surface area contributed by atoms with Gasteiger partial charge in [-0.15, -0.1) is 0 Å². The number of hydrogen-bond acceptors (Lipinski definition) is 1. The second-order valence-corrected chi connectivity index (χ2v) is 4.15. The summed E-state index contributed by atoms with van der Waals surface area (Å²) in [6, 6.07) is 0.467. The number of fused-ring (bicyclic) bond motifs is 1. The summed E-state index contributed by atoms with van der Waals surface area (Å²) in [7, 11) is 0. The molecule has 1 aromatic heterocycles. The van der Waals surface area contributed by atoms with E-state index in [9.17, 15) is 0 Å². The van der Waals surface area contributed by atoms with Gasteiger partial charge in [0, 0.05) is 17.8 Å². The molecule has 0 amide bonds. The average Bonchev–Trinajstić information content (AvgIpc) is 2.46. The van der Waals surface area contributed by atoms with E-state index in [1.54, 1.807) is 0 Å². The molecule has 1 aromatic rings. The van der Waals surface area contributed by atoms with Crippen molar-refractivity contribution < 1.29 is 0 Å². The van der Waals surface area contributed by atoms with Crippen molar-refractivity contribution in [2.75, 3.05) is 0 Å². The van der Waals surface area contributed by atoms with Gasteiger partial charge in [0.25, 0.3) is 0 Å². The van der Waals surface area contributed by atoms with E-state index in [0.29, 0.717) is 12.0 Å². The summed E-state index contributed by atoms with van der Waals surface area (Å²) in [5.74, 6) is 0.642. The van der Waals surface area contributed by atoms with Gasteiger partial charge in [-0.2, -0.15) is 5.10 Å². The summed E-state index contributed by atoms with van der Waals surface area (Å²) < 4.78 is 2.05. The van der Waals surface area contributed by atoms with E-state index >= 15 is 0 Å². The molecule has 1 atom stereocenters. The van der Waals surface area contributed by atoms with Crippen LogP contribution in [0.5, 0.6) is 0 Å². The summed E-state index contributed by atoms with van der Waals surface area (Å²) >= 11 is 0. The molecule has 2 heteroatoms. The van der Waals surface area contributed by atoms with Crippen molar-refractivity contribution in [3.05, 3.63) is 23.5 Å². The highest BCUT2D eigenvalue weighted by Gasteiger charge is 2.14. The lowest BCUT2D eigenvalue weighted by Gasteiger charge is -2.09. The summed E-state index contributed by atoms with van der Waals surface area (Å²) in [5.41, 5.74) is 2.55. The predicted octanol–water partition coefficient (Wildman–Crippen LogP) is 2.67. The Hall–Kier alpha value is -1.05. The van der Waals surface area contributed by atoms with Gasteiger partial charge in [-0.05, 0) is 26.2 Å². The molecule has 70 valence electrons. The lowest BCUT2D eigenvalue weighted by atomic mass is 9.97. The van der Waals surface area contributed by atoms with E-state index in [-0.39, 0.29) is 0 Å². The highest BCUT2D eigenvalue weighted by Crippen LogP contribution is 2.22. The fraction of sp³-hybridized carbons (Fsp3) is 0.545. The van der Waals surface area contributed by atoms with Crippen LogP contribution in [0.3, 0.4) is 0 Å². The van der Waals surface area contributed by atoms with Crippen LogP contribution >= 0.6 is 0 Å². The Labute approximate surface area is 79.3 Å². The van der Waals surface area contributed by atoms with E-state index in [0.717, 1.165) is 6.42 Å². The standard InChI is InChI=1S/C11H16N2/c1-8(2)13-7-10-5-4-9(3)6-11(10)12-13/h4-5,7-9H,6H2,1-3H3. The zero-order valence-electron chi connectivity index (χ0n) is 8.49. The van der Waals surface area contributed by atoms with Crippen molar-refractivity contribution in [1.82, 2.24) is 9.78 Å². The smallest absolute Gasteiger partial charge is 0.0702 e. The molecular weight excluding hydrogens is 160 g/mol. The number of allylic oxidation sites excluding steroid dienone is 1. The van der Waals surface area contributed by atoms with E-state index in [1.165, 1.54) is 11.3 Å². The highest BCUT2D eigenvalue weighted by molar-refractivity contribution is 5.53. The van der Waals surface area contributed by atoms with Crippen LogP contribution in [0.25, 0.3) is 6.08 Å². The average molecular weight is 176 g/mol. The first kappa shape index (κ1) is 8.54. The van der Waals surface area contributed by atoms with Gasteiger partial charge < -0.3 is 0 Å². The molecule has 0 aliphatic heterocycles. The molecule has 2 rings (SSSR count). The Morgan fingerprint density at radius 1 is 1.54 bits per heavy atom. The minimum absolute atomic E-state index is 0.467. The Bertz CT molecular complexity index is 334. The zero-order chi connectivity index (χ0) is 9.42. The zero-order valence-corrected chi connectivity index (χ0v) is 8.49. The van der Waals surface area contributed by atoms with Gasteiger partial charge in [0.15, 0.2) is 0 Å². The van der Waals surface area contributed by atoms with Crippen molar-refractivity contribution in [2.24, 2.45) is 5.92 Å². The van der Waals surface area contributed by atoms with Gasteiger partial charge in [-0.3, -0.25) is 4.68 Å². The van der Waals surface area contributed by atoms with Crippen molar-refractivity contribution >= 4 is 6.08 Å². The second-order valence-electron chi connectivity index (χ2n) is 4.15. The van der Waals surface area contributed by atoms with Crippen molar-refractivity contribution in [2.45, 2.75) is 33.2 Å². The van der Waals surface area contributed by atoms with E-state index in [4.69, 9.17) is 0 Å². The fourth-order valence-corrected chi connectivity index (χ4v) is 1.65. The Morgan fingerprint density at radius 3 is 3.00 bits per heavy atom. The molecule has 13 heavy (non-hydrogen) atoms. The SMILES string of the molecule is CC1C=Cc2cn(C(C)C)nc2C1. The minimum Gasteiger partial charge on any atom is -0.269 e. The minimum atomic E-state index is 0.467.